The number of hydrogen-bond donors (Lipinski definition) is 6. The van der Waals surface area contributed by atoms with Gasteiger partial charge in [0.1, 0.15) is 36.0 Å². The summed E-state index contributed by atoms with van der Waals surface area (Å²) in [4.78, 5) is 97.7. The topological polar surface area (TPSA) is 232 Å². The number of carbonyl (C=O) groups excluding carboxylic acids is 6. The number of hydrogen-bond acceptors (Lipinski definition) is 9. The zero-order valence-corrected chi connectivity index (χ0v) is 32.6. The summed E-state index contributed by atoms with van der Waals surface area (Å²) < 4.78 is 0. The number of carboxylic acids is 1. The number of nitrogens with one attached hydrogen (secondary N) is 3. The van der Waals surface area contributed by atoms with Crippen LogP contribution in [0.15, 0.2) is 54.6 Å². The number of phenols is 1. The second-order valence-electron chi connectivity index (χ2n) is 15.3. The molecule has 0 bridgehead atoms. The minimum Gasteiger partial charge on any atom is -0.508 e. The number of rotatable bonds is 16. The highest BCUT2D eigenvalue weighted by Gasteiger charge is 2.42. The van der Waals surface area contributed by atoms with Gasteiger partial charge in [-0.2, -0.15) is 0 Å². The van der Waals surface area contributed by atoms with E-state index >= 15 is 0 Å². The first-order valence-corrected chi connectivity index (χ1v) is 19.9. The number of phenolic OH excluding ortho intramolecular Hbond substituents is 1. The summed E-state index contributed by atoms with van der Waals surface area (Å²) in [5, 5.41) is 27.4. The van der Waals surface area contributed by atoms with E-state index in [1.807, 2.05) is 37.3 Å². The Labute approximate surface area is 332 Å². The molecule has 7 atom stereocenters. The number of likely N-dealkylation sites (tertiary alicyclic amines) is 3. The maximum absolute atomic E-state index is 14.3. The van der Waals surface area contributed by atoms with Crippen LogP contribution in [0.3, 0.4) is 0 Å². The van der Waals surface area contributed by atoms with Gasteiger partial charge in [-0.3, -0.25) is 28.8 Å². The minimum atomic E-state index is -1.15. The van der Waals surface area contributed by atoms with Crippen LogP contribution in [0.2, 0.25) is 0 Å². The third-order valence-corrected chi connectivity index (χ3v) is 11.3. The lowest BCUT2D eigenvalue weighted by atomic mass is 9.99. The average Bonchev–Trinajstić information content (AvgIpc) is 4.01. The fourth-order valence-electron chi connectivity index (χ4n) is 7.96. The highest BCUT2D eigenvalue weighted by molar-refractivity contribution is 5.97. The zero-order valence-electron chi connectivity index (χ0n) is 32.6. The van der Waals surface area contributed by atoms with E-state index in [4.69, 9.17) is 5.73 Å². The van der Waals surface area contributed by atoms with Crippen LogP contribution in [0.1, 0.15) is 69.9 Å². The predicted molar refractivity (Wildman–Crippen MR) is 208 cm³/mol. The van der Waals surface area contributed by atoms with E-state index in [0.717, 1.165) is 11.1 Å². The summed E-state index contributed by atoms with van der Waals surface area (Å²) >= 11 is 0. The van der Waals surface area contributed by atoms with Gasteiger partial charge < -0.3 is 46.6 Å². The van der Waals surface area contributed by atoms with Crippen molar-refractivity contribution in [3.8, 4) is 5.75 Å². The highest BCUT2D eigenvalue weighted by Crippen LogP contribution is 2.24. The molecule has 3 heterocycles. The number of aliphatic carboxylic acids is 1. The fourth-order valence-corrected chi connectivity index (χ4v) is 7.96. The molecule has 0 aliphatic carbocycles. The van der Waals surface area contributed by atoms with Crippen molar-refractivity contribution in [3.63, 3.8) is 0 Å². The first-order chi connectivity index (χ1) is 27.3. The highest BCUT2D eigenvalue weighted by atomic mass is 16.4. The summed E-state index contributed by atoms with van der Waals surface area (Å²) in [5.74, 6) is -4.34. The van der Waals surface area contributed by atoms with E-state index in [-0.39, 0.29) is 37.6 Å². The van der Waals surface area contributed by atoms with Crippen LogP contribution in [0.4, 0.5) is 0 Å². The van der Waals surface area contributed by atoms with Gasteiger partial charge in [0.2, 0.25) is 35.4 Å². The number of nitrogens with two attached hydrogens (primary N) is 1. The normalized spacial score (nSPS) is 21.3. The van der Waals surface area contributed by atoms with E-state index in [2.05, 4.69) is 16.0 Å². The summed E-state index contributed by atoms with van der Waals surface area (Å²) in [6.45, 7) is 3.99. The molecule has 7 N–H and O–H groups in total. The summed E-state index contributed by atoms with van der Waals surface area (Å²) in [6.07, 6.45) is 3.59. The molecule has 5 rings (SSSR count). The van der Waals surface area contributed by atoms with Gasteiger partial charge in [-0.25, -0.2) is 4.79 Å². The average molecular weight is 790 g/mol. The van der Waals surface area contributed by atoms with Gasteiger partial charge in [0.15, 0.2) is 0 Å². The van der Waals surface area contributed by atoms with Gasteiger partial charge in [0.25, 0.3) is 0 Å². The Morgan fingerprint density at radius 2 is 1.25 bits per heavy atom. The SMILES string of the molecule is CCC(C)C(NC(=O)[C@@H]1CCCN1C(=O)CNC(=O)[C@@H]1CCCN1C(=O)C(Cc1ccccc1)NC(=O)[C@@H]1CCCN1C(=O)C(N)Cc1ccc(O)cc1)C(=O)O. The van der Waals surface area contributed by atoms with Crippen molar-refractivity contribution in [1.82, 2.24) is 30.7 Å². The van der Waals surface area contributed by atoms with E-state index in [0.29, 0.717) is 51.5 Å². The largest absolute Gasteiger partial charge is 0.508 e. The Bertz CT molecular complexity index is 1780. The van der Waals surface area contributed by atoms with Gasteiger partial charge in [-0.05, 0) is 74.1 Å². The first kappa shape index (κ1) is 42.6. The molecule has 16 nitrogen and oxygen atoms in total. The van der Waals surface area contributed by atoms with Crippen molar-refractivity contribution < 1.29 is 43.8 Å². The van der Waals surface area contributed by atoms with Crippen molar-refractivity contribution in [2.24, 2.45) is 11.7 Å². The number of amides is 6. The molecule has 6 amide bonds. The van der Waals surface area contributed by atoms with Crippen molar-refractivity contribution in [3.05, 3.63) is 65.7 Å². The van der Waals surface area contributed by atoms with E-state index in [9.17, 15) is 43.8 Å². The van der Waals surface area contributed by atoms with Crippen LogP contribution in [0.5, 0.6) is 5.75 Å². The minimum absolute atomic E-state index is 0.0934. The first-order valence-electron chi connectivity index (χ1n) is 19.9. The Kier molecular flexibility index (Phi) is 14.6. The molecule has 3 aliphatic rings. The fraction of sp³-hybridized carbons (Fsp3) is 0.537. The van der Waals surface area contributed by atoms with E-state index in [1.165, 1.54) is 26.8 Å². The number of carboxylic acid groups (broad SMARTS) is 1. The van der Waals surface area contributed by atoms with Crippen LogP contribution in [-0.4, -0.2) is 129 Å². The van der Waals surface area contributed by atoms with Crippen LogP contribution in [0, 0.1) is 5.92 Å². The van der Waals surface area contributed by atoms with Crippen LogP contribution in [0.25, 0.3) is 0 Å². The molecule has 2 aromatic rings. The van der Waals surface area contributed by atoms with E-state index < -0.39 is 84.2 Å². The molecule has 3 saturated heterocycles. The molecule has 0 aromatic heterocycles. The third kappa shape index (κ3) is 10.7. The third-order valence-electron chi connectivity index (χ3n) is 11.3. The van der Waals surface area contributed by atoms with E-state index in [1.54, 1.807) is 19.1 Å². The predicted octanol–water partition coefficient (Wildman–Crippen LogP) is 0.694. The molecular weight excluding hydrogens is 734 g/mol. The van der Waals surface area contributed by atoms with Gasteiger partial charge in [-0.15, -0.1) is 0 Å². The second kappa shape index (κ2) is 19.6. The summed E-state index contributed by atoms with van der Waals surface area (Å²) in [5.41, 5.74) is 7.84. The zero-order chi connectivity index (χ0) is 41.2. The molecule has 308 valence electrons. The number of nitrogens with zero attached hydrogens (tertiary/aromatic N) is 3. The smallest absolute Gasteiger partial charge is 0.326 e. The Hall–Kier alpha value is -5.51. The molecule has 0 spiro atoms. The molecule has 4 unspecified atom stereocenters. The summed E-state index contributed by atoms with van der Waals surface area (Å²) in [6, 6.07) is 9.81. The number of benzene rings is 2. The molecule has 0 saturated carbocycles. The second-order valence-corrected chi connectivity index (χ2v) is 15.3. The van der Waals surface area contributed by atoms with Crippen molar-refractivity contribution >= 4 is 41.4 Å². The summed E-state index contributed by atoms with van der Waals surface area (Å²) in [7, 11) is 0. The Morgan fingerprint density at radius 1 is 0.719 bits per heavy atom. The molecule has 2 aromatic carbocycles. The standard InChI is InChI=1S/C41H55N7O9/c1-3-25(2)35(41(56)57)45-38(53)32-13-7-19-46(32)34(50)24-43-36(51)31-12-8-21-48(31)40(55)30(23-26-10-5-4-6-11-26)44-37(52)33-14-9-20-47(33)39(54)29(42)22-27-15-17-28(49)18-16-27/h4-6,10-11,15-18,25,29-33,35,49H,3,7-9,12-14,19-24,42H2,1-2H3,(H,43,51)(H,44,52)(H,45,53)(H,56,57)/t25?,29?,30?,31-,32-,33-,35?/m0/s1. The number of aromatic hydroxyl groups is 1. The van der Waals surface area contributed by atoms with Gasteiger partial charge in [0.05, 0.1) is 12.6 Å². The molecule has 16 heteroatoms. The molecule has 3 fully saturated rings. The number of carbonyl (C=O) groups is 7. The lowest BCUT2D eigenvalue weighted by Gasteiger charge is -2.31. The lowest BCUT2D eigenvalue weighted by molar-refractivity contribution is -0.145. The van der Waals surface area contributed by atoms with Crippen LogP contribution < -0.4 is 21.7 Å². The quantitative estimate of drug-likeness (QED) is 0.139. The van der Waals surface area contributed by atoms with Gasteiger partial charge >= 0.3 is 5.97 Å². The molecule has 57 heavy (non-hydrogen) atoms. The van der Waals surface area contributed by atoms with Gasteiger partial charge in [-0.1, -0.05) is 62.7 Å². The van der Waals surface area contributed by atoms with Gasteiger partial charge in [0, 0.05) is 26.1 Å². The molecular formula is C41H55N7O9. The van der Waals surface area contributed by atoms with Crippen LogP contribution in [-0.2, 0) is 46.4 Å². The maximum Gasteiger partial charge on any atom is 0.326 e. The maximum atomic E-state index is 14.3. The van der Waals surface area contributed by atoms with Crippen molar-refractivity contribution in [1.29, 1.82) is 0 Å². The van der Waals surface area contributed by atoms with Crippen molar-refractivity contribution in [2.75, 3.05) is 26.2 Å². The Morgan fingerprint density at radius 3 is 1.84 bits per heavy atom. The van der Waals surface area contributed by atoms with Crippen molar-refractivity contribution in [2.45, 2.75) is 108 Å². The van der Waals surface area contributed by atoms with Crippen LogP contribution >= 0.6 is 0 Å². The molecule has 3 aliphatic heterocycles. The Balaban J connectivity index is 1.22. The monoisotopic (exact) mass is 789 g/mol. The lowest BCUT2D eigenvalue weighted by Crippen LogP contribution is -2.58. The molecule has 0 radical (unpaired) electrons.